The van der Waals surface area contributed by atoms with Gasteiger partial charge < -0.3 is 10.2 Å². The minimum atomic E-state index is -0.772. The third-order valence-corrected chi connectivity index (χ3v) is 6.01. The molecule has 34 heavy (non-hydrogen) atoms. The number of carbonyl (C=O) groups excluding carboxylic acids is 2. The molecule has 0 aromatic heterocycles. The van der Waals surface area contributed by atoms with Crippen molar-refractivity contribution < 1.29 is 9.59 Å². The van der Waals surface area contributed by atoms with Crippen molar-refractivity contribution in [3.8, 4) is 6.07 Å². The molecule has 5 nitrogen and oxygen atoms in total. The Morgan fingerprint density at radius 2 is 1.59 bits per heavy atom. The van der Waals surface area contributed by atoms with Crippen LogP contribution in [0.1, 0.15) is 29.5 Å². The molecule has 4 rings (SSSR count). The fourth-order valence-electron chi connectivity index (χ4n) is 4.26. The predicted octanol–water partition coefficient (Wildman–Crippen LogP) is 4.47. The number of hydrogen-bond acceptors (Lipinski definition) is 3. The van der Waals surface area contributed by atoms with Crippen molar-refractivity contribution in [1.29, 1.82) is 5.26 Å². The van der Waals surface area contributed by atoms with Gasteiger partial charge in [-0.2, -0.15) is 5.26 Å². The number of hydrogen-bond donors (Lipinski definition) is 1. The quantitative estimate of drug-likeness (QED) is 0.427. The SMILES string of the molecule is N#C[C@@H]1CCCN1C(=O)C(Cc1ccccc1)NC(=O)/C(=C/c1ccccc1)c1ccccc1. The van der Waals surface area contributed by atoms with Crippen LogP contribution in [0, 0.1) is 11.3 Å². The van der Waals surface area contributed by atoms with Crippen molar-refractivity contribution in [1.82, 2.24) is 10.2 Å². The predicted molar refractivity (Wildman–Crippen MR) is 133 cm³/mol. The molecule has 0 spiro atoms. The van der Waals surface area contributed by atoms with Gasteiger partial charge in [-0.1, -0.05) is 91.0 Å². The maximum absolute atomic E-state index is 13.6. The van der Waals surface area contributed by atoms with Crippen molar-refractivity contribution in [2.45, 2.75) is 31.3 Å². The van der Waals surface area contributed by atoms with Crippen LogP contribution in [-0.2, 0) is 16.0 Å². The second kappa shape index (κ2) is 11.1. The molecule has 1 unspecified atom stereocenters. The standard InChI is InChI=1S/C29H27N3O2/c30-21-25-17-10-18-32(25)29(34)27(20-23-13-6-2-7-14-23)31-28(33)26(24-15-8-3-9-16-24)19-22-11-4-1-5-12-22/h1-9,11-16,19,25,27H,10,17-18,20H2,(H,31,33)/b26-19+/t25-,27?/m0/s1. The molecule has 1 saturated heterocycles. The number of carbonyl (C=O) groups is 2. The molecule has 1 N–H and O–H groups in total. The van der Waals surface area contributed by atoms with Crippen molar-refractivity contribution in [2.75, 3.05) is 6.54 Å². The minimum absolute atomic E-state index is 0.214. The van der Waals surface area contributed by atoms with E-state index in [9.17, 15) is 14.9 Å². The van der Waals surface area contributed by atoms with Crippen LogP contribution in [0.25, 0.3) is 11.6 Å². The van der Waals surface area contributed by atoms with E-state index in [0.29, 0.717) is 25.0 Å². The zero-order valence-electron chi connectivity index (χ0n) is 18.9. The van der Waals surface area contributed by atoms with Gasteiger partial charge >= 0.3 is 0 Å². The van der Waals surface area contributed by atoms with E-state index in [1.807, 2.05) is 97.1 Å². The second-order valence-electron chi connectivity index (χ2n) is 8.37. The van der Waals surface area contributed by atoms with Crippen LogP contribution < -0.4 is 5.32 Å². The molecule has 1 aliphatic heterocycles. The molecular weight excluding hydrogens is 422 g/mol. The van der Waals surface area contributed by atoms with Crippen molar-refractivity contribution in [2.24, 2.45) is 0 Å². The lowest BCUT2D eigenvalue weighted by Crippen LogP contribution is -2.51. The van der Waals surface area contributed by atoms with Crippen molar-refractivity contribution in [3.05, 3.63) is 108 Å². The summed E-state index contributed by atoms with van der Waals surface area (Å²) in [4.78, 5) is 28.7. The van der Waals surface area contributed by atoms with Gasteiger partial charge in [0.15, 0.2) is 0 Å². The fraction of sp³-hybridized carbons (Fsp3) is 0.207. The Morgan fingerprint density at radius 3 is 2.24 bits per heavy atom. The molecule has 3 aromatic carbocycles. The zero-order valence-corrected chi connectivity index (χ0v) is 18.9. The lowest BCUT2D eigenvalue weighted by molar-refractivity contribution is -0.135. The molecule has 2 amide bonds. The minimum Gasteiger partial charge on any atom is -0.340 e. The number of likely N-dealkylation sites (tertiary alicyclic amines) is 1. The summed E-state index contributed by atoms with van der Waals surface area (Å²) in [6.45, 7) is 0.531. The molecule has 0 radical (unpaired) electrons. The number of benzene rings is 3. The van der Waals surface area contributed by atoms with E-state index >= 15 is 0 Å². The monoisotopic (exact) mass is 449 g/mol. The van der Waals surface area contributed by atoms with Crippen molar-refractivity contribution in [3.63, 3.8) is 0 Å². The Morgan fingerprint density at radius 1 is 0.971 bits per heavy atom. The average molecular weight is 450 g/mol. The van der Waals surface area contributed by atoms with Crippen LogP contribution >= 0.6 is 0 Å². The number of rotatable bonds is 7. The maximum atomic E-state index is 13.6. The van der Waals surface area contributed by atoms with Crippen LogP contribution in [0.2, 0.25) is 0 Å². The van der Waals surface area contributed by atoms with E-state index in [0.717, 1.165) is 23.1 Å². The first-order valence-electron chi connectivity index (χ1n) is 11.5. The molecular formula is C29H27N3O2. The number of nitriles is 1. The molecule has 170 valence electrons. The van der Waals surface area contributed by atoms with Gasteiger partial charge in [0.25, 0.3) is 5.91 Å². The fourth-order valence-corrected chi connectivity index (χ4v) is 4.26. The van der Waals surface area contributed by atoms with Crippen LogP contribution in [-0.4, -0.2) is 35.3 Å². The average Bonchev–Trinajstić information content (AvgIpc) is 3.37. The largest absolute Gasteiger partial charge is 0.340 e. The molecule has 0 bridgehead atoms. The first kappa shape index (κ1) is 23.0. The van der Waals surface area contributed by atoms with E-state index in [1.165, 1.54) is 0 Å². The molecule has 0 saturated carbocycles. The molecule has 1 heterocycles. The summed E-state index contributed by atoms with van der Waals surface area (Å²) in [5.74, 6) is -0.537. The van der Waals surface area contributed by atoms with E-state index < -0.39 is 12.1 Å². The highest BCUT2D eigenvalue weighted by Crippen LogP contribution is 2.21. The van der Waals surface area contributed by atoms with Crippen LogP contribution in [0.3, 0.4) is 0 Å². The van der Waals surface area contributed by atoms with Gasteiger partial charge in [0.1, 0.15) is 12.1 Å². The molecule has 2 atom stereocenters. The van der Waals surface area contributed by atoms with Crippen LogP contribution in [0.5, 0.6) is 0 Å². The molecule has 3 aromatic rings. The van der Waals surface area contributed by atoms with E-state index in [4.69, 9.17) is 0 Å². The Hall–Kier alpha value is -4.17. The number of amides is 2. The summed E-state index contributed by atoms with van der Waals surface area (Å²) in [5.41, 5.74) is 3.09. The topological polar surface area (TPSA) is 73.2 Å². The Kier molecular flexibility index (Phi) is 7.52. The summed E-state index contributed by atoms with van der Waals surface area (Å²) in [5, 5.41) is 12.5. The highest BCUT2D eigenvalue weighted by molar-refractivity contribution is 6.24. The maximum Gasteiger partial charge on any atom is 0.252 e. The van der Waals surface area contributed by atoms with E-state index in [2.05, 4.69) is 11.4 Å². The summed E-state index contributed by atoms with van der Waals surface area (Å²) in [7, 11) is 0. The smallest absolute Gasteiger partial charge is 0.252 e. The Labute approximate surface area is 200 Å². The molecule has 5 heteroatoms. The third-order valence-electron chi connectivity index (χ3n) is 6.01. The number of nitrogens with zero attached hydrogens (tertiary/aromatic N) is 2. The first-order valence-corrected chi connectivity index (χ1v) is 11.5. The van der Waals surface area contributed by atoms with Gasteiger partial charge in [-0.3, -0.25) is 9.59 Å². The Bertz CT molecular complexity index is 1180. The lowest BCUT2D eigenvalue weighted by atomic mass is 10.00. The highest BCUT2D eigenvalue weighted by atomic mass is 16.2. The van der Waals surface area contributed by atoms with Gasteiger partial charge in [0.2, 0.25) is 5.91 Å². The summed E-state index contributed by atoms with van der Waals surface area (Å²) in [6, 6.07) is 29.7. The summed E-state index contributed by atoms with van der Waals surface area (Å²) < 4.78 is 0. The van der Waals surface area contributed by atoms with Gasteiger partial charge in [-0.15, -0.1) is 0 Å². The summed E-state index contributed by atoms with van der Waals surface area (Å²) in [6.07, 6.45) is 3.65. The van der Waals surface area contributed by atoms with Crippen LogP contribution in [0.4, 0.5) is 0 Å². The molecule has 1 fully saturated rings. The van der Waals surface area contributed by atoms with Gasteiger partial charge in [0.05, 0.1) is 6.07 Å². The molecule has 1 aliphatic rings. The second-order valence-corrected chi connectivity index (χ2v) is 8.37. The van der Waals surface area contributed by atoms with Gasteiger partial charge in [-0.05, 0) is 35.6 Å². The highest BCUT2D eigenvalue weighted by Gasteiger charge is 2.34. The third kappa shape index (κ3) is 5.60. The van der Waals surface area contributed by atoms with Gasteiger partial charge in [-0.25, -0.2) is 0 Å². The van der Waals surface area contributed by atoms with Crippen molar-refractivity contribution >= 4 is 23.5 Å². The lowest BCUT2D eigenvalue weighted by Gasteiger charge is -2.27. The first-order chi connectivity index (χ1) is 16.7. The van der Waals surface area contributed by atoms with Gasteiger partial charge in [0, 0.05) is 18.5 Å². The van der Waals surface area contributed by atoms with E-state index in [1.54, 1.807) is 4.90 Å². The normalized spacial score (nSPS) is 16.5. The Balaban J connectivity index is 1.65. The van der Waals surface area contributed by atoms with Crippen LogP contribution in [0.15, 0.2) is 91.0 Å². The summed E-state index contributed by atoms with van der Waals surface area (Å²) >= 11 is 0. The molecule has 0 aliphatic carbocycles. The number of nitrogens with one attached hydrogen (secondary N) is 1. The zero-order chi connectivity index (χ0) is 23.8. The van der Waals surface area contributed by atoms with E-state index in [-0.39, 0.29) is 11.8 Å².